The van der Waals surface area contributed by atoms with Gasteiger partial charge in [-0.05, 0) is 16.7 Å². The van der Waals surface area contributed by atoms with E-state index in [0.29, 0.717) is 16.7 Å². The summed E-state index contributed by atoms with van der Waals surface area (Å²) in [6, 6.07) is 24.0. The summed E-state index contributed by atoms with van der Waals surface area (Å²) in [7, 11) is -10.6. The summed E-state index contributed by atoms with van der Waals surface area (Å²) < 4.78 is 113. The van der Waals surface area contributed by atoms with Crippen LogP contribution in [-0.2, 0) is 87.0 Å². The molecule has 0 aliphatic carbocycles. The SMILES string of the molecule is CC(=O)N[C@H]1[C@H](O[C@H]2[C@H](OCc3ccccc3)[C@@H](OS(=O)(=O)O)[C@H](O)O[C@H]2C(=O)O)O[C@H](COCc2ccccc2)[C@H](OS(=O)(=O)O)[C@@H]1OCc1ccccc1. The molecule has 2 aliphatic heterocycles. The highest BCUT2D eigenvalue weighted by Crippen LogP contribution is 2.35. The molecular formula is C35H41NO18S2. The topological polar surface area (TPSA) is 269 Å². The molecule has 0 bridgehead atoms. The summed E-state index contributed by atoms with van der Waals surface area (Å²) >= 11 is 0. The second kappa shape index (κ2) is 19.5. The number of benzene rings is 3. The maximum absolute atomic E-state index is 12.7. The Morgan fingerprint density at radius 3 is 1.64 bits per heavy atom. The van der Waals surface area contributed by atoms with Gasteiger partial charge in [0.1, 0.15) is 36.6 Å². The lowest BCUT2D eigenvalue weighted by atomic mass is 9.94. The number of ether oxygens (including phenoxy) is 6. The first-order valence-electron chi connectivity index (χ1n) is 17.0. The van der Waals surface area contributed by atoms with Gasteiger partial charge in [0.25, 0.3) is 0 Å². The summed E-state index contributed by atoms with van der Waals surface area (Å²) in [5.41, 5.74) is 1.80. The number of hydrogen-bond acceptors (Lipinski definition) is 15. The number of carbonyl (C=O) groups excluding carboxylic acids is 1. The van der Waals surface area contributed by atoms with Crippen LogP contribution < -0.4 is 5.32 Å². The van der Waals surface area contributed by atoms with Gasteiger partial charge in [-0.15, -0.1) is 0 Å². The minimum absolute atomic E-state index is 0.0189. The van der Waals surface area contributed by atoms with Crippen molar-refractivity contribution in [1.29, 1.82) is 0 Å². The van der Waals surface area contributed by atoms with E-state index in [-0.39, 0.29) is 19.8 Å². The Morgan fingerprint density at radius 2 is 1.16 bits per heavy atom. The third kappa shape index (κ3) is 12.5. The second-order valence-electron chi connectivity index (χ2n) is 12.7. The Balaban J connectivity index is 1.56. The molecule has 10 atom stereocenters. The molecule has 0 aromatic heterocycles. The summed E-state index contributed by atoms with van der Waals surface area (Å²) in [4.78, 5) is 25.4. The van der Waals surface area contributed by atoms with Gasteiger partial charge in [0, 0.05) is 6.92 Å². The molecule has 2 heterocycles. The van der Waals surface area contributed by atoms with Gasteiger partial charge < -0.3 is 44.0 Å². The van der Waals surface area contributed by atoms with Gasteiger partial charge in [-0.25, -0.2) is 13.2 Å². The molecule has 3 aromatic rings. The van der Waals surface area contributed by atoms with Gasteiger partial charge in [-0.3, -0.25) is 13.9 Å². The maximum atomic E-state index is 12.7. The van der Waals surface area contributed by atoms with Crippen molar-refractivity contribution in [3.63, 3.8) is 0 Å². The molecule has 306 valence electrons. The molecule has 19 nitrogen and oxygen atoms in total. The highest BCUT2D eigenvalue weighted by Gasteiger charge is 2.56. The third-order valence-electron chi connectivity index (χ3n) is 8.49. The van der Waals surface area contributed by atoms with E-state index in [9.17, 15) is 45.7 Å². The smallest absolute Gasteiger partial charge is 0.397 e. The van der Waals surface area contributed by atoms with Gasteiger partial charge in [-0.2, -0.15) is 16.8 Å². The van der Waals surface area contributed by atoms with E-state index in [1.807, 2.05) is 0 Å². The fraction of sp³-hybridized carbons (Fsp3) is 0.429. The Morgan fingerprint density at radius 1 is 0.679 bits per heavy atom. The first kappa shape index (κ1) is 43.2. The molecule has 2 fully saturated rings. The van der Waals surface area contributed by atoms with Crippen LogP contribution in [0.4, 0.5) is 0 Å². The standard InChI is InChI=1S/C35H41NO18S2/c1-21(37)36-26-28(48-18-23-13-7-3-8-14-23)27(53-55(41,42)43)25(20-47-17-22-11-5-2-6-12-22)50-35(26)52-30-29(49-19-24-15-9-4-10-16-24)32(54-56(44,45)46)34(40)51-31(30)33(38)39/h2-16,25-32,34-35,40H,17-20H2,1H3,(H,36,37)(H,38,39)(H,41,42,43)(H,44,45,46)/t25-,26-,27+,28-,29+,30+,31-,32-,34-,35+/m1/s1. The van der Waals surface area contributed by atoms with Gasteiger partial charge in [0.15, 0.2) is 24.8 Å². The third-order valence-corrected chi connectivity index (χ3v) is 9.42. The Hall–Kier alpha value is -3.94. The summed E-state index contributed by atoms with van der Waals surface area (Å²) in [5, 5.41) is 23.6. The lowest BCUT2D eigenvalue weighted by Crippen LogP contribution is -2.69. The van der Waals surface area contributed by atoms with Crippen molar-refractivity contribution in [2.24, 2.45) is 0 Å². The maximum Gasteiger partial charge on any atom is 0.397 e. The van der Waals surface area contributed by atoms with Crippen LogP contribution in [-0.4, -0.2) is 116 Å². The van der Waals surface area contributed by atoms with E-state index in [1.165, 1.54) is 0 Å². The van der Waals surface area contributed by atoms with Gasteiger partial charge in [-0.1, -0.05) is 91.0 Å². The van der Waals surface area contributed by atoms with E-state index in [0.717, 1.165) is 6.92 Å². The Kier molecular flexibility index (Phi) is 15.0. The predicted octanol–water partition coefficient (Wildman–Crippen LogP) is 1.17. The van der Waals surface area contributed by atoms with Crippen molar-refractivity contribution in [2.75, 3.05) is 6.61 Å². The largest absolute Gasteiger partial charge is 0.479 e. The van der Waals surface area contributed by atoms with Crippen molar-refractivity contribution in [3.8, 4) is 0 Å². The zero-order valence-corrected chi connectivity index (χ0v) is 31.2. The average Bonchev–Trinajstić information content (AvgIpc) is 3.13. The summed E-state index contributed by atoms with van der Waals surface area (Å²) in [5.74, 6) is -2.47. The van der Waals surface area contributed by atoms with Crippen LogP contribution in [0.1, 0.15) is 23.6 Å². The first-order valence-corrected chi connectivity index (χ1v) is 19.7. The number of carboxylic acid groups (broad SMARTS) is 1. The number of carbonyl (C=O) groups is 2. The monoisotopic (exact) mass is 827 g/mol. The van der Waals surface area contributed by atoms with E-state index < -0.39 is 101 Å². The van der Waals surface area contributed by atoms with Crippen LogP contribution in [0.15, 0.2) is 91.0 Å². The van der Waals surface area contributed by atoms with E-state index >= 15 is 0 Å². The molecule has 2 aliphatic rings. The lowest BCUT2D eigenvalue weighted by Gasteiger charge is -2.48. The quantitative estimate of drug-likeness (QED) is 0.113. The van der Waals surface area contributed by atoms with Gasteiger partial charge in [0.2, 0.25) is 5.91 Å². The molecule has 5 rings (SSSR count). The fourth-order valence-electron chi connectivity index (χ4n) is 6.16. The minimum Gasteiger partial charge on any atom is -0.479 e. The molecule has 1 amide bonds. The molecule has 0 spiro atoms. The molecule has 21 heteroatoms. The van der Waals surface area contributed by atoms with Crippen LogP contribution in [0.25, 0.3) is 0 Å². The number of hydrogen-bond donors (Lipinski definition) is 5. The van der Waals surface area contributed by atoms with E-state index in [4.69, 9.17) is 36.8 Å². The van der Waals surface area contributed by atoms with Crippen LogP contribution in [0, 0.1) is 0 Å². The van der Waals surface area contributed by atoms with Crippen molar-refractivity contribution >= 4 is 32.7 Å². The molecule has 5 N–H and O–H groups in total. The van der Waals surface area contributed by atoms with Crippen LogP contribution in [0.3, 0.4) is 0 Å². The number of amides is 1. The van der Waals surface area contributed by atoms with Crippen molar-refractivity contribution in [1.82, 2.24) is 5.32 Å². The highest BCUT2D eigenvalue weighted by atomic mass is 32.3. The number of carboxylic acids is 1. The van der Waals surface area contributed by atoms with Gasteiger partial charge >= 0.3 is 26.8 Å². The highest BCUT2D eigenvalue weighted by molar-refractivity contribution is 7.81. The van der Waals surface area contributed by atoms with Crippen molar-refractivity contribution in [2.45, 2.75) is 88.1 Å². The zero-order valence-electron chi connectivity index (χ0n) is 29.6. The normalized spacial score (nSPS) is 28.4. The Bertz CT molecular complexity index is 1940. The number of nitrogens with one attached hydrogen (secondary N) is 1. The molecule has 0 saturated carbocycles. The van der Waals surface area contributed by atoms with E-state index in [1.54, 1.807) is 91.0 Å². The number of aliphatic hydroxyl groups is 1. The van der Waals surface area contributed by atoms with Crippen LogP contribution >= 0.6 is 0 Å². The lowest BCUT2D eigenvalue weighted by molar-refractivity contribution is -0.339. The van der Waals surface area contributed by atoms with Gasteiger partial charge in [0.05, 0.1) is 26.4 Å². The summed E-state index contributed by atoms with van der Waals surface area (Å²) in [6.07, 6.45) is -17.1. The molecule has 0 unspecified atom stereocenters. The van der Waals surface area contributed by atoms with Crippen LogP contribution in [0.5, 0.6) is 0 Å². The zero-order chi connectivity index (χ0) is 40.5. The number of rotatable bonds is 18. The summed E-state index contributed by atoms with van der Waals surface area (Å²) in [6.45, 7) is 0.0632. The van der Waals surface area contributed by atoms with Crippen LogP contribution in [0.2, 0.25) is 0 Å². The predicted molar refractivity (Wildman–Crippen MR) is 189 cm³/mol. The second-order valence-corrected chi connectivity index (χ2v) is 14.8. The molecule has 3 aromatic carbocycles. The van der Waals surface area contributed by atoms with Crippen molar-refractivity contribution < 1.29 is 82.5 Å². The van der Waals surface area contributed by atoms with Crippen molar-refractivity contribution in [3.05, 3.63) is 108 Å². The Labute approximate surface area is 322 Å². The minimum atomic E-state index is -5.35. The molecule has 2 saturated heterocycles. The fourth-order valence-corrected chi connectivity index (χ4v) is 7.16. The molecule has 0 radical (unpaired) electrons. The average molecular weight is 828 g/mol. The molecule has 56 heavy (non-hydrogen) atoms. The number of aliphatic hydroxyl groups excluding tert-OH is 1. The first-order chi connectivity index (χ1) is 26.6. The van der Waals surface area contributed by atoms with E-state index in [2.05, 4.69) is 5.32 Å². The molecular weight excluding hydrogens is 787 g/mol. The number of aliphatic carboxylic acids is 1.